The van der Waals surface area contributed by atoms with Crippen LogP contribution in [0.4, 0.5) is 5.95 Å². The van der Waals surface area contributed by atoms with Crippen LogP contribution in [0.3, 0.4) is 0 Å². The minimum absolute atomic E-state index is 0.173. The van der Waals surface area contributed by atoms with Crippen LogP contribution in [-0.4, -0.2) is 30.0 Å². The number of hydrogen-bond acceptors (Lipinski definition) is 6. The minimum atomic E-state index is -0.440. The van der Waals surface area contributed by atoms with Crippen LogP contribution in [0.2, 0.25) is 0 Å². The van der Waals surface area contributed by atoms with E-state index in [0.29, 0.717) is 11.5 Å². The Morgan fingerprint density at radius 1 is 1.08 bits per heavy atom. The molecular formula is C15H16N6O3. The molecule has 0 aliphatic rings. The zero-order valence-electron chi connectivity index (χ0n) is 13.4. The Kier molecular flexibility index (Phi) is 3.68. The van der Waals surface area contributed by atoms with Crippen LogP contribution in [0.1, 0.15) is 5.56 Å². The maximum atomic E-state index is 12.3. The lowest BCUT2D eigenvalue weighted by Crippen LogP contribution is -2.37. The van der Waals surface area contributed by atoms with Crippen molar-refractivity contribution < 1.29 is 5.11 Å². The van der Waals surface area contributed by atoms with E-state index in [1.807, 2.05) is 0 Å². The summed E-state index contributed by atoms with van der Waals surface area (Å²) in [7, 11) is 4.65. The lowest BCUT2D eigenvalue weighted by molar-refractivity contribution is 0.475. The summed E-state index contributed by atoms with van der Waals surface area (Å²) in [4.78, 5) is 28.5. The maximum Gasteiger partial charge on any atom is 0.332 e. The summed E-state index contributed by atoms with van der Waals surface area (Å²) in [5.41, 5.74) is 3.27. The summed E-state index contributed by atoms with van der Waals surface area (Å²) in [5.74, 6) is 0.505. The Morgan fingerprint density at radius 3 is 2.42 bits per heavy atom. The monoisotopic (exact) mass is 328 g/mol. The van der Waals surface area contributed by atoms with Crippen molar-refractivity contribution in [1.29, 1.82) is 0 Å². The lowest BCUT2D eigenvalue weighted by atomic mass is 10.2. The van der Waals surface area contributed by atoms with Gasteiger partial charge in [0, 0.05) is 21.1 Å². The van der Waals surface area contributed by atoms with Crippen molar-refractivity contribution in [2.45, 2.75) is 0 Å². The van der Waals surface area contributed by atoms with Crippen molar-refractivity contribution in [3.8, 4) is 5.75 Å². The van der Waals surface area contributed by atoms with Crippen LogP contribution in [-0.2, 0) is 21.1 Å². The lowest BCUT2D eigenvalue weighted by Gasteiger charge is -2.03. The molecule has 0 aliphatic heterocycles. The summed E-state index contributed by atoms with van der Waals surface area (Å²) >= 11 is 0. The first-order chi connectivity index (χ1) is 11.4. The van der Waals surface area contributed by atoms with Crippen LogP contribution in [0.25, 0.3) is 11.2 Å². The van der Waals surface area contributed by atoms with Gasteiger partial charge in [-0.3, -0.25) is 13.9 Å². The summed E-state index contributed by atoms with van der Waals surface area (Å²) in [6.07, 6.45) is 1.55. The number of phenolic OH excluding ortho intramolecular Hbond substituents is 1. The quantitative estimate of drug-likeness (QED) is 0.525. The molecule has 0 fully saturated rings. The van der Waals surface area contributed by atoms with Crippen LogP contribution in [0.5, 0.6) is 5.75 Å². The number of phenols is 1. The Balaban J connectivity index is 1.99. The molecule has 0 amide bonds. The van der Waals surface area contributed by atoms with Crippen molar-refractivity contribution in [3.05, 3.63) is 50.7 Å². The molecule has 0 bridgehead atoms. The first kappa shape index (κ1) is 15.5. The van der Waals surface area contributed by atoms with E-state index in [-0.39, 0.29) is 11.4 Å². The third kappa shape index (κ3) is 2.45. The number of hydrogen-bond donors (Lipinski definition) is 2. The summed E-state index contributed by atoms with van der Waals surface area (Å²) < 4.78 is 3.89. The van der Waals surface area contributed by atoms with Gasteiger partial charge in [0.15, 0.2) is 11.2 Å². The van der Waals surface area contributed by atoms with E-state index in [9.17, 15) is 14.7 Å². The fraction of sp³-hybridized carbons (Fsp3) is 0.200. The standard InChI is InChI=1S/C15H16N6O3/c1-19-11-12(20(2)15(24)21(3)13(11)23)17-14(19)18-16-8-9-4-6-10(22)7-5-9/h4-8,22H,1-3H3,(H,17,18). The van der Waals surface area contributed by atoms with Crippen LogP contribution in [0.15, 0.2) is 39.0 Å². The molecule has 9 heteroatoms. The first-order valence-electron chi connectivity index (χ1n) is 7.10. The molecule has 0 radical (unpaired) electrons. The molecule has 0 saturated heterocycles. The van der Waals surface area contributed by atoms with Gasteiger partial charge < -0.3 is 9.67 Å². The number of anilines is 1. The number of aryl methyl sites for hydroxylation is 2. The molecule has 2 heterocycles. The summed E-state index contributed by atoms with van der Waals surface area (Å²) in [6.45, 7) is 0. The molecule has 0 saturated carbocycles. The Labute approximate surface area is 136 Å². The second-order valence-electron chi connectivity index (χ2n) is 5.33. The highest BCUT2D eigenvalue weighted by Crippen LogP contribution is 2.13. The van der Waals surface area contributed by atoms with Gasteiger partial charge in [0.1, 0.15) is 5.75 Å². The number of hydrazone groups is 1. The fourth-order valence-corrected chi connectivity index (χ4v) is 2.34. The third-order valence-corrected chi connectivity index (χ3v) is 3.75. The third-order valence-electron chi connectivity index (χ3n) is 3.75. The minimum Gasteiger partial charge on any atom is -0.508 e. The highest BCUT2D eigenvalue weighted by Gasteiger charge is 2.16. The zero-order chi connectivity index (χ0) is 17.4. The number of imidazole rings is 1. The van der Waals surface area contributed by atoms with Gasteiger partial charge in [-0.2, -0.15) is 10.1 Å². The molecule has 1 aromatic carbocycles. The second kappa shape index (κ2) is 5.69. The largest absolute Gasteiger partial charge is 0.508 e. The van der Waals surface area contributed by atoms with E-state index >= 15 is 0 Å². The van der Waals surface area contributed by atoms with Crippen molar-refractivity contribution in [2.24, 2.45) is 26.2 Å². The van der Waals surface area contributed by atoms with Crippen LogP contribution in [0, 0.1) is 0 Å². The predicted octanol–water partition coefficient (Wildman–Crippen LogP) is 0.122. The van der Waals surface area contributed by atoms with Crippen molar-refractivity contribution in [2.75, 3.05) is 5.43 Å². The molecule has 0 spiro atoms. The van der Waals surface area contributed by atoms with Gasteiger partial charge in [0.05, 0.1) is 6.21 Å². The number of benzene rings is 1. The number of fused-ring (bicyclic) bond motifs is 1. The molecule has 24 heavy (non-hydrogen) atoms. The second-order valence-corrected chi connectivity index (χ2v) is 5.33. The highest BCUT2D eigenvalue weighted by molar-refractivity contribution is 5.80. The van der Waals surface area contributed by atoms with Crippen molar-refractivity contribution in [3.63, 3.8) is 0 Å². The average molecular weight is 328 g/mol. The van der Waals surface area contributed by atoms with Crippen molar-refractivity contribution >= 4 is 23.3 Å². The molecule has 0 unspecified atom stereocenters. The van der Waals surface area contributed by atoms with Crippen LogP contribution < -0.4 is 16.7 Å². The van der Waals surface area contributed by atoms with Gasteiger partial charge in [0.2, 0.25) is 5.95 Å². The van der Waals surface area contributed by atoms with Gasteiger partial charge in [0.25, 0.3) is 5.56 Å². The number of nitrogens with one attached hydrogen (secondary N) is 1. The normalized spacial score (nSPS) is 11.5. The van der Waals surface area contributed by atoms with Gasteiger partial charge in [-0.25, -0.2) is 10.2 Å². The Morgan fingerprint density at radius 2 is 1.75 bits per heavy atom. The molecule has 2 N–H and O–H groups in total. The molecular weight excluding hydrogens is 312 g/mol. The van der Waals surface area contributed by atoms with Crippen LogP contribution >= 0.6 is 0 Å². The smallest absolute Gasteiger partial charge is 0.332 e. The van der Waals surface area contributed by atoms with E-state index in [1.165, 1.54) is 11.6 Å². The molecule has 0 atom stereocenters. The van der Waals surface area contributed by atoms with Crippen molar-refractivity contribution in [1.82, 2.24) is 18.7 Å². The highest BCUT2D eigenvalue weighted by atomic mass is 16.3. The number of aromatic nitrogens is 4. The van der Waals surface area contributed by atoms with Gasteiger partial charge in [-0.05, 0) is 29.8 Å². The topological polar surface area (TPSA) is 106 Å². The summed E-state index contributed by atoms with van der Waals surface area (Å²) in [5, 5.41) is 13.3. The SMILES string of the molecule is Cn1c(=O)c2c(nc(NN=Cc3ccc(O)cc3)n2C)n(C)c1=O. The van der Waals surface area contributed by atoms with Gasteiger partial charge in [-0.1, -0.05) is 0 Å². The number of aromatic hydroxyl groups is 1. The molecule has 3 aromatic rings. The van der Waals surface area contributed by atoms with E-state index in [2.05, 4.69) is 15.5 Å². The van der Waals surface area contributed by atoms with E-state index in [0.717, 1.165) is 10.1 Å². The Hall–Kier alpha value is -3.36. The molecule has 124 valence electrons. The first-order valence-corrected chi connectivity index (χ1v) is 7.10. The number of rotatable bonds is 3. The predicted molar refractivity (Wildman–Crippen MR) is 90.5 cm³/mol. The molecule has 3 rings (SSSR count). The van der Waals surface area contributed by atoms with E-state index < -0.39 is 11.2 Å². The fourth-order valence-electron chi connectivity index (χ4n) is 2.34. The molecule has 9 nitrogen and oxygen atoms in total. The van der Waals surface area contributed by atoms with Gasteiger partial charge in [-0.15, -0.1) is 0 Å². The maximum absolute atomic E-state index is 12.3. The molecule has 0 aliphatic carbocycles. The van der Waals surface area contributed by atoms with E-state index in [4.69, 9.17) is 0 Å². The molecule has 2 aromatic heterocycles. The number of nitrogens with zero attached hydrogens (tertiary/aromatic N) is 5. The van der Waals surface area contributed by atoms with Gasteiger partial charge >= 0.3 is 5.69 Å². The van der Waals surface area contributed by atoms with E-state index in [1.54, 1.807) is 49.1 Å². The summed E-state index contributed by atoms with van der Waals surface area (Å²) in [6, 6.07) is 6.51. The average Bonchev–Trinajstić information content (AvgIpc) is 2.90. The Bertz CT molecular complexity index is 1060. The zero-order valence-corrected chi connectivity index (χ0v) is 13.4.